The predicted molar refractivity (Wildman–Crippen MR) is 106 cm³/mol. The van der Waals surface area contributed by atoms with Crippen molar-refractivity contribution < 1.29 is 27.4 Å². The van der Waals surface area contributed by atoms with Crippen molar-refractivity contribution in [3.05, 3.63) is 41.1 Å². The van der Waals surface area contributed by atoms with Gasteiger partial charge >= 0.3 is 6.18 Å². The number of fused-ring (bicyclic) bond motifs is 1. The van der Waals surface area contributed by atoms with Crippen molar-refractivity contribution >= 4 is 18.0 Å². The van der Waals surface area contributed by atoms with Crippen molar-refractivity contribution in [2.75, 3.05) is 13.6 Å². The van der Waals surface area contributed by atoms with E-state index in [9.17, 15) is 22.8 Å². The SMILES string of the molecule is CN(Cc1cnn2cc(CNC(=O)c3nonc3C3CC3)nc2c1)CC(NC=O)C(F)(F)F. The average Bonchev–Trinajstić information content (AvgIpc) is 3.33. The van der Waals surface area contributed by atoms with Gasteiger partial charge in [-0.2, -0.15) is 18.3 Å². The highest BCUT2D eigenvalue weighted by molar-refractivity contribution is 5.93. The van der Waals surface area contributed by atoms with E-state index in [0.29, 0.717) is 22.6 Å². The number of nitrogens with zero attached hydrogens (tertiary/aromatic N) is 6. The third kappa shape index (κ3) is 5.45. The number of rotatable bonds is 10. The molecule has 14 heteroatoms. The van der Waals surface area contributed by atoms with Crippen LogP contribution in [0.3, 0.4) is 0 Å². The normalized spacial score (nSPS) is 15.1. The molecule has 1 atom stereocenters. The minimum Gasteiger partial charge on any atom is -0.346 e. The van der Waals surface area contributed by atoms with Crippen molar-refractivity contribution in [2.24, 2.45) is 0 Å². The van der Waals surface area contributed by atoms with Gasteiger partial charge in [0, 0.05) is 19.0 Å². The van der Waals surface area contributed by atoms with Crippen LogP contribution in [0.25, 0.3) is 5.65 Å². The second-order valence-corrected chi connectivity index (χ2v) is 7.93. The van der Waals surface area contributed by atoms with Gasteiger partial charge in [0.1, 0.15) is 11.7 Å². The Morgan fingerprint density at radius 3 is 2.88 bits per heavy atom. The molecular weight excluding hydrogens is 445 g/mol. The van der Waals surface area contributed by atoms with Crippen LogP contribution in [0.15, 0.2) is 23.1 Å². The van der Waals surface area contributed by atoms with Crippen LogP contribution in [0.1, 0.15) is 46.2 Å². The Labute approximate surface area is 185 Å². The fourth-order valence-corrected chi connectivity index (χ4v) is 3.39. The molecule has 1 fully saturated rings. The highest BCUT2D eigenvalue weighted by atomic mass is 19.4. The summed E-state index contributed by atoms with van der Waals surface area (Å²) in [5.41, 5.74) is 2.39. The first-order valence-electron chi connectivity index (χ1n) is 10.1. The van der Waals surface area contributed by atoms with Crippen molar-refractivity contribution in [3.8, 4) is 0 Å². The second-order valence-electron chi connectivity index (χ2n) is 7.93. The Bertz CT molecular complexity index is 1140. The topological polar surface area (TPSA) is 131 Å². The van der Waals surface area contributed by atoms with Crippen LogP contribution in [0, 0.1) is 0 Å². The van der Waals surface area contributed by atoms with Crippen LogP contribution in [-0.4, -0.2) is 67.9 Å². The number of amides is 2. The standard InChI is InChI=1S/C19H21F3N8O3/c1-29(9-14(24-10-31)19(20,21)22)7-11-4-15-26-13(8-30(15)25-5-11)6-23-18(32)17-16(12-2-3-12)27-33-28-17/h4-5,8,10,12,14H,2-3,6-7,9H2,1H3,(H,23,32)(H,24,31). The molecule has 1 unspecified atom stereocenters. The molecule has 1 aliphatic rings. The van der Waals surface area contributed by atoms with Crippen molar-refractivity contribution in [2.45, 2.75) is 44.1 Å². The average molecular weight is 466 g/mol. The number of nitrogens with one attached hydrogen (secondary N) is 2. The summed E-state index contributed by atoms with van der Waals surface area (Å²) < 4.78 is 45.1. The van der Waals surface area contributed by atoms with Crippen LogP contribution in [-0.2, 0) is 17.9 Å². The zero-order valence-electron chi connectivity index (χ0n) is 17.5. The Hall–Kier alpha value is -3.55. The Morgan fingerprint density at radius 2 is 2.18 bits per heavy atom. The van der Waals surface area contributed by atoms with Crippen LogP contribution in [0.4, 0.5) is 13.2 Å². The Morgan fingerprint density at radius 1 is 1.39 bits per heavy atom. The summed E-state index contributed by atoms with van der Waals surface area (Å²) in [5.74, 6) is -0.192. The zero-order chi connectivity index (χ0) is 23.6. The number of imidazole rings is 1. The van der Waals surface area contributed by atoms with Gasteiger partial charge in [-0.05, 0) is 36.7 Å². The molecular formula is C19H21F3N8O3. The number of hydrogen-bond acceptors (Lipinski definition) is 8. The van der Waals surface area contributed by atoms with Crippen LogP contribution in [0.5, 0.6) is 0 Å². The molecule has 0 aliphatic heterocycles. The van der Waals surface area contributed by atoms with Gasteiger partial charge in [0.05, 0.1) is 24.6 Å². The van der Waals surface area contributed by atoms with Crippen LogP contribution in [0.2, 0.25) is 0 Å². The van der Waals surface area contributed by atoms with Gasteiger partial charge in [0.2, 0.25) is 6.41 Å². The van der Waals surface area contributed by atoms with Gasteiger partial charge in [-0.3, -0.25) is 14.5 Å². The minimum absolute atomic E-state index is 0.0380. The maximum atomic E-state index is 13.0. The molecule has 0 saturated heterocycles. The lowest BCUT2D eigenvalue weighted by atomic mass is 10.2. The van der Waals surface area contributed by atoms with Crippen LogP contribution < -0.4 is 10.6 Å². The largest absolute Gasteiger partial charge is 0.409 e. The lowest BCUT2D eigenvalue weighted by Gasteiger charge is -2.25. The van der Waals surface area contributed by atoms with Gasteiger partial charge in [0.25, 0.3) is 5.91 Å². The monoisotopic (exact) mass is 466 g/mol. The number of carbonyl (C=O) groups excluding carboxylic acids is 2. The molecule has 1 saturated carbocycles. The summed E-state index contributed by atoms with van der Waals surface area (Å²) >= 11 is 0. The maximum absolute atomic E-state index is 13.0. The van der Waals surface area contributed by atoms with E-state index in [1.165, 1.54) is 22.7 Å². The van der Waals surface area contributed by atoms with Crippen molar-refractivity contribution in [1.29, 1.82) is 0 Å². The molecule has 11 nitrogen and oxygen atoms in total. The summed E-state index contributed by atoms with van der Waals surface area (Å²) in [4.78, 5) is 28.7. The molecule has 0 bridgehead atoms. The highest BCUT2D eigenvalue weighted by Gasteiger charge is 2.40. The molecule has 33 heavy (non-hydrogen) atoms. The lowest BCUT2D eigenvalue weighted by molar-refractivity contribution is -0.161. The number of likely N-dealkylation sites (N-methyl/N-ethyl adjacent to an activating group) is 1. The first kappa shape index (κ1) is 22.6. The van der Waals surface area contributed by atoms with Crippen LogP contribution >= 0.6 is 0 Å². The van der Waals surface area contributed by atoms with E-state index >= 15 is 0 Å². The van der Waals surface area contributed by atoms with E-state index in [1.54, 1.807) is 17.6 Å². The summed E-state index contributed by atoms with van der Waals surface area (Å²) in [6.07, 6.45) is 0.548. The number of halogens is 3. The minimum atomic E-state index is -4.55. The van der Waals surface area contributed by atoms with E-state index in [4.69, 9.17) is 4.63 Å². The smallest absolute Gasteiger partial charge is 0.346 e. The molecule has 0 aromatic carbocycles. The highest BCUT2D eigenvalue weighted by Crippen LogP contribution is 2.40. The van der Waals surface area contributed by atoms with E-state index in [-0.39, 0.29) is 31.1 Å². The maximum Gasteiger partial charge on any atom is 0.409 e. The van der Waals surface area contributed by atoms with E-state index < -0.39 is 24.7 Å². The summed E-state index contributed by atoms with van der Waals surface area (Å²) in [5, 5.41) is 16.2. The number of hydrogen-bond donors (Lipinski definition) is 2. The van der Waals surface area contributed by atoms with Crippen molar-refractivity contribution in [3.63, 3.8) is 0 Å². The zero-order valence-corrected chi connectivity index (χ0v) is 17.5. The van der Waals surface area contributed by atoms with E-state index in [2.05, 4.69) is 25.7 Å². The van der Waals surface area contributed by atoms with Gasteiger partial charge in [-0.1, -0.05) is 5.16 Å². The molecule has 4 rings (SSSR count). The molecule has 2 amide bonds. The van der Waals surface area contributed by atoms with Gasteiger partial charge in [-0.25, -0.2) is 14.1 Å². The molecule has 3 aromatic heterocycles. The summed E-state index contributed by atoms with van der Waals surface area (Å²) in [7, 11) is 1.51. The van der Waals surface area contributed by atoms with Gasteiger partial charge < -0.3 is 10.6 Å². The molecule has 3 heterocycles. The quantitative estimate of drug-likeness (QED) is 0.424. The summed E-state index contributed by atoms with van der Waals surface area (Å²) in [6, 6.07) is -0.282. The molecule has 1 aliphatic carbocycles. The molecule has 2 N–H and O–H groups in total. The summed E-state index contributed by atoms with van der Waals surface area (Å²) in [6.45, 7) is -0.128. The number of aromatic nitrogens is 5. The number of alkyl halides is 3. The fourth-order valence-electron chi connectivity index (χ4n) is 3.39. The molecule has 0 spiro atoms. The first-order chi connectivity index (χ1) is 15.7. The van der Waals surface area contributed by atoms with Gasteiger partial charge in [-0.15, -0.1) is 0 Å². The third-order valence-corrected chi connectivity index (χ3v) is 5.16. The Kier molecular flexibility index (Phi) is 6.26. The molecule has 176 valence electrons. The Balaban J connectivity index is 1.37. The molecule has 0 radical (unpaired) electrons. The second kappa shape index (κ2) is 9.13. The van der Waals surface area contributed by atoms with E-state index in [1.807, 2.05) is 0 Å². The fraction of sp³-hybridized carbons (Fsp3) is 0.474. The van der Waals surface area contributed by atoms with Gasteiger partial charge in [0.15, 0.2) is 11.3 Å². The lowest BCUT2D eigenvalue weighted by Crippen LogP contribution is -2.48. The predicted octanol–water partition coefficient (Wildman–Crippen LogP) is 1.03. The van der Waals surface area contributed by atoms with E-state index in [0.717, 1.165) is 12.8 Å². The van der Waals surface area contributed by atoms with Crippen molar-refractivity contribution in [1.82, 2.24) is 40.4 Å². The number of carbonyl (C=O) groups is 2. The first-order valence-corrected chi connectivity index (χ1v) is 10.1. The molecule has 3 aromatic rings. The third-order valence-electron chi connectivity index (χ3n) is 5.16.